The van der Waals surface area contributed by atoms with Crippen molar-refractivity contribution < 1.29 is 28.8 Å². The number of ketones is 3. The quantitative estimate of drug-likeness (QED) is 0.0359. The third-order valence-corrected chi connectivity index (χ3v) is 10.7. The molecule has 58 heavy (non-hydrogen) atoms. The Bertz CT molecular complexity index is 1670. The lowest BCUT2D eigenvalue weighted by atomic mass is 9.84. The van der Waals surface area contributed by atoms with Gasteiger partial charge in [-0.1, -0.05) is 36.4 Å². The van der Waals surface area contributed by atoms with Crippen LogP contribution in [0.5, 0.6) is 0 Å². The lowest BCUT2D eigenvalue weighted by Crippen LogP contribution is -2.56. The molecular weight excluding hydrogens is 739 g/mol. The number of rotatable bonds is 24. The van der Waals surface area contributed by atoms with Gasteiger partial charge in [0.2, 0.25) is 0 Å². The number of amides is 3. The van der Waals surface area contributed by atoms with Gasteiger partial charge in [0.1, 0.15) is 0 Å². The molecule has 0 aromatic heterocycles. The van der Waals surface area contributed by atoms with Gasteiger partial charge < -0.3 is 50.4 Å². The number of carbonyl (C=O) groups is 6. The zero-order valence-corrected chi connectivity index (χ0v) is 33.9. The van der Waals surface area contributed by atoms with Crippen molar-refractivity contribution in [1.29, 1.82) is 0 Å². The molecule has 314 valence electrons. The molecule has 0 heterocycles. The minimum absolute atomic E-state index is 0.156. The molecular formula is C43H61N9O6. The molecule has 0 unspecified atom stereocenters. The molecule has 3 aromatic carbocycles. The lowest BCUT2D eigenvalue weighted by molar-refractivity contribution is -0.133. The molecule has 3 atom stereocenters. The Morgan fingerprint density at radius 3 is 0.845 bits per heavy atom. The zero-order valence-electron chi connectivity index (χ0n) is 33.9. The molecule has 0 radical (unpaired) electrons. The molecule has 0 saturated carbocycles. The van der Waals surface area contributed by atoms with Crippen molar-refractivity contribution in [2.24, 2.45) is 34.4 Å². The first-order valence-electron chi connectivity index (χ1n) is 19.7. The second-order valence-electron chi connectivity index (χ2n) is 15.0. The maximum Gasteiger partial charge on any atom is 0.252 e. The average Bonchev–Trinajstić information content (AvgIpc) is 3.19. The van der Waals surface area contributed by atoms with Crippen LogP contribution in [0.25, 0.3) is 0 Å². The molecule has 0 fully saturated rings. The highest BCUT2D eigenvalue weighted by Crippen LogP contribution is 2.34. The van der Waals surface area contributed by atoms with Crippen LogP contribution in [0.2, 0.25) is 0 Å². The molecule has 0 aliphatic carbocycles. The Hall–Kier alpha value is -5.16. The molecule has 0 spiro atoms. The summed E-state index contributed by atoms with van der Waals surface area (Å²) in [5.74, 6) is -3.60. The van der Waals surface area contributed by atoms with Crippen LogP contribution in [-0.4, -0.2) is 71.3 Å². The zero-order chi connectivity index (χ0) is 43.1. The maximum absolute atomic E-state index is 13.3. The SMILES string of the molecule is CC(=O)[C@](N)(CCCCN)C(=O)Nc1ccc(C(c2ccc(NC(=O)[C@@](N)(CCCCN)C(C)=O)cc2)c2ccc(NC(=O)[C@@](N)(CCCCN)C(C)=O)cc2)cc1. The number of hydrogen-bond acceptors (Lipinski definition) is 12. The van der Waals surface area contributed by atoms with E-state index in [1.165, 1.54) is 20.8 Å². The van der Waals surface area contributed by atoms with E-state index in [0.717, 1.165) is 16.7 Å². The highest BCUT2D eigenvalue weighted by atomic mass is 16.2. The summed E-state index contributed by atoms with van der Waals surface area (Å²) in [5.41, 5.74) is 34.3. The van der Waals surface area contributed by atoms with Crippen LogP contribution in [0.3, 0.4) is 0 Å². The van der Waals surface area contributed by atoms with E-state index >= 15 is 0 Å². The summed E-state index contributed by atoms with van der Waals surface area (Å²) in [5, 5.41) is 8.35. The fraction of sp³-hybridized carbons (Fsp3) is 0.442. The highest BCUT2D eigenvalue weighted by molar-refractivity contribution is 6.16. The van der Waals surface area contributed by atoms with Crippen LogP contribution < -0.4 is 50.4 Å². The van der Waals surface area contributed by atoms with Gasteiger partial charge in [0.25, 0.3) is 17.7 Å². The van der Waals surface area contributed by atoms with Gasteiger partial charge in [-0.25, -0.2) is 0 Å². The van der Waals surface area contributed by atoms with Crippen LogP contribution in [0.15, 0.2) is 72.8 Å². The smallest absolute Gasteiger partial charge is 0.252 e. The third-order valence-electron chi connectivity index (χ3n) is 10.7. The Labute approximate surface area is 340 Å². The number of nitrogens with one attached hydrogen (secondary N) is 3. The fourth-order valence-electron chi connectivity index (χ4n) is 6.57. The normalized spacial score (nSPS) is 14.4. The van der Waals surface area contributed by atoms with E-state index in [1.54, 1.807) is 36.4 Å². The molecule has 3 amide bonds. The van der Waals surface area contributed by atoms with E-state index in [4.69, 9.17) is 34.4 Å². The molecule has 0 bridgehead atoms. The van der Waals surface area contributed by atoms with Crippen LogP contribution in [-0.2, 0) is 28.8 Å². The number of hydrogen-bond donors (Lipinski definition) is 9. The summed E-state index contributed by atoms with van der Waals surface area (Å²) in [6.07, 6.45) is 3.89. The van der Waals surface area contributed by atoms with Gasteiger partial charge in [0.15, 0.2) is 34.0 Å². The van der Waals surface area contributed by atoms with Crippen molar-refractivity contribution >= 4 is 52.1 Å². The van der Waals surface area contributed by atoms with E-state index in [2.05, 4.69) is 16.0 Å². The number of unbranched alkanes of at least 4 members (excludes halogenated alkanes) is 3. The standard InChI is InChI=1S/C43H61N9O6/c1-28(53)41(47,22-4-7-25-44)38(56)50-34-16-10-31(11-17-34)37(32-12-18-35(19-13-32)51-39(57)42(48,29(2)54)23-5-8-26-45)33-14-20-36(21-15-33)52-40(58)43(49,30(3)55)24-6-9-27-46/h10-21,37H,4-9,22-27,44-49H2,1-3H3,(H,50,56)(H,51,57)(H,52,58)/t41-,42-,43-/m1/s1. The Balaban J connectivity index is 1.97. The van der Waals surface area contributed by atoms with Crippen LogP contribution in [0, 0.1) is 0 Å². The Kier molecular flexibility index (Phi) is 17.5. The molecule has 15 nitrogen and oxygen atoms in total. The van der Waals surface area contributed by atoms with Gasteiger partial charge in [-0.3, -0.25) is 28.8 Å². The monoisotopic (exact) mass is 799 g/mol. The minimum Gasteiger partial charge on any atom is -0.330 e. The summed E-state index contributed by atoms with van der Waals surface area (Å²) in [6, 6.07) is 21.3. The summed E-state index contributed by atoms with van der Waals surface area (Å²) < 4.78 is 0. The first kappa shape index (κ1) is 47.2. The van der Waals surface area contributed by atoms with Gasteiger partial charge in [-0.2, -0.15) is 0 Å². The van der Waals surface area contributed by atoms with E-state index in [1.807, 2.05) is 36.4 Å². The second-order valence-corrected chi connectivity index (χ2v) is 15.0. The summed E-state index contributed by atoms with van der Waals surface area (Å²) in [6.45, 7) is 5.13. The van der Waals surface area contributed by atoms with Crippen molar-refractivity contribution in [3.05, 3.63) is 89.5 Å². The van der Waals surface area contributed by atoms with Crippen molar-refractivity contribution in [3.63, 3.8) is 0 Å². The molecule has 3 rings (SSSR count). The van der Waals surface area contributed by atoms with Crippen molar-refractivity contribution in [3.8, 4) is 0 Å². The van der Waals surface area contributed by atoms with Crippen LogP contribution in [0.1, 0.15) is 101 Å². The number of benzene rings is 3. The summed E-state index contributed by atoms with van der Waals surface area (Å²) in [7, 11) is 0. The Morgan fingerprint density at radius 1 is 0.431 bits per heavy atom. The highest BCUT2D eigenvalue weighted by Gasteiger charge is 2.40. The first-order chi connectivity index (χ1) is 27.5. The van der Waals surface area contributed by atoms with Gasteiger partial charge in [-0.05, 0) is 151 Å². The molecule has 0 saturated heterocycles. The summed E-state index contributed by atoms with van der Waals surface area (Å²) in [4.78, 5) is 77.2. The van der Waals surface area contributed by atoms with Gasteiger partial charge in [0.05, 0.1) is 0 Å². The van der Waals surface area contributed by atoms with Crippen molar-refractivity contribution in [2.75, 3.05) is 35.6 Å². The topological polar surface area (TPSA) is 295 Å². The number of carbonyl (C=O) groups excluding carboxylic acids is 6. The van der Waals surface area contributed by atoms with Gasteiger partial charge in [0, 0.05) is 23.0 Å². The predicted octanol–water partition coefficient (Wildman–Crippen LogP) is 2.93. The predicted molar refractivity (Wildman–Crippen MR) is 228 cm³/mol. The van der Waals surface area contributed by atoms with Gasteiger partial charge in [-0.15, -0.1) is 0 Å². The van der Waals surface area contributed by atoms with E-state index in [0.29, 0.717) is 75.2 Å². The molecule has 15 heteroatoms. The van der Waals surface area contributed by atoms with Crippen molar-refractivity contribution in [1.82, 2.24) is 0 Å². The molecule has 0 aliphatic heterocycles. The number of Topliss-reactive ketones (excluding diaryl/α,β-unsaturated/α-hetero) is 3. The lowest BCUT2D eigenvalue weighted by Gasteiger charge is -2.26. The molecule has 15 N–H and O–H groups in total. The minimum atomic E-state index is -1.71. The number of nitrogens with two attached hydrogens (primary N) is 6. The number of anilines is 3. The Morgan fingerprint density at radius 2 is 0.655 bits per heavy atom. The van der Waals surface area contributed by atoms with Crippen molar-refractivity contribution in [2.45, 2.75) is 101 Å². The van der Waals surface area contributed by atoms with E-state index < -0.39 is 57.6 Å². The first-order valence-corrected chi connectivity index (χ1v) is 19.7. The van der Waals surface area contributed by atoms with Crippen LogP contribution in [0.4, 0.5) is 17.1 Å². The third kappa shape index (κ3) is 11.9. The van der Waals surface area contributed by atoms with Crippen LogP contribution >= 0.6 is 0 Å². The maximum atomic E-state index is 13.3. The molecule has 0 aliphatic rings. The second kappa shape index (κ2) is 21.6. The largest absolute Gasteiger partial charge is 0.330 e. The van der Waals surface area contributed by atoms with Gasteiger partial charge >= 0.3 is 0 Å². The summed E-state index contributed by atoms with van der Waals surface area (Å²) >= 11 is 0. The van der Waals surface area contributed by atoms with E-state index in [-0.39, 0.29) is 19.3 Å². The fourth-order valence-corrected chi connectivity index (χ4v) is 6.57. The average molecular weight is 800 g/mol. The van der Waals surface area contributed by atoms with E-state index in [9.17, 15) is 28.8 Å². The molecule has 3 aromatic rings.